The molecule has 0 aromatic heterocycles. The van der Waals surface area contributed by atoms with Crippen molar-refractivity contribution in [3.05, 3.63) is 35.9 Å². The molecule has 1 aromatic carbocycles. The molecule has 0 saturated carbocycles. The molecule has 2 unspecified atom stereocenters. The van der Waals surface area contributed by atoms with E-state index in [0.29, 0.717) is 31.5 Å². The topological polar surface area (TPSA) is 55.6 Å². The SMILES string of the molecule is CC(C)C1CN(C(=O)OCc2ccccc2)CC1N. The first-order valence-electron chi connectivity index (χ1n) is 6.79. The number of nitrogens with two attached hydrogens (primary N) is 1. The molecule has 2 rings (SSSR count). The Kier molecular flexibility index (Phi) is 4.43. The van der Waals surface area contributed by atoms with Crippen molar-refractivity contribution in [1.82, 2.24) is 4.90 Å². The van der Waals surface area contributed by atoms with Gasteiger partial charge in [0.05, 0.1) is 0 Å². The van der Waals surface area contributed by atoms with Crippen LogP contribution in [-0.4, -0.2) is 30.1 Å². The summed E-state index contributed by atoms with van der Waals surface area (Å²) in [5, 5.41) is 0. The van der Waals surface area contributed by atoms with Crippen molar-refractivity contribution in [2.45, 2.75) is 26.5 Å². The molecule has 0 spiro atoms. The molecule has 1 heterocycles. The van der Waals surface area contributed by atoms with E-state index in [0.717, 1.165) is 5.56 Å². The molecule has 1 saturated heterocycles. The molecule has 0 bridgehead atoms. The Labute approximate surface area is 114 Å². The predicted octanol–water partition coefficient (Wildman–Crippen LogP) is 2.24. The molecular weight excluding hydrogens is 240 g/mol. The fourth-order valence-corrected chi connectivity index (χ4v) is 2.52. The molecule has 1 aliphatic rings. The number of carbonyl (C=O) groups excluding carboxylic acids is 1. The molecule has 1 aliphatic heterocycles. The Balaban J connectivity index is 1.85. The number of benzene rings is 1. The van der Waals surface area contributed by atoms with Gasteiger partial charge in [-0.2, -0.15) is 0 Å². The van der Waals surface area contributed by atoms with E-state index in [1.165, 1.54) is 0 Å². The van der Waals surface area contributed by atoms with Crippen LogP contribution in [0.15, 0.2) is 30.3 Å². The molecule has 2 atom stereocenters. The van der Waals surface area contributed by atoms with Crippen molar-refractivity contribution in [2.24, 2.45) is 17.6 Å². The van der Waals surface area contributed by atoms with Crippen LogP contribution in [0.5, 0.6) is 0 Å². The highest BCUT2D eigenvalue weighted by molar-refractivity contribution is 5.68. The second-order valence-electron chi connectivity index (χ2n) is 5.52. The lowest BCUT2D eigenvalue weighted by Gasteiger charge is -2.18. The van der Waals surface area contributed by atoms with Crippen LogP contribution in [0.3, 0.4) is 0 Å². The summed E-state index contributed by atoms with van der Waals surface area (Å²) in [6.45, 7) is 5.90. The highest BCUT2D eigenvalue weighted by Crippen LogP contribution is 2.23. The van der Waals surface area contributed by atoms with Crippen LogP contribution in [-0.2, 0) is 11.3 Å². The van der Waals surface area contributed by atoms with E-state index in [-0.39, 0.29) is 12.1 Å². The fraction of sp³-hybridized carbons (Fsp3) is 0.533. The molecule has 1 amide bonds. The van der Waals surface area contributed by atoms with Gasteiger partial charge in [0.25, 0.3) is 0 Å². The van der Waals surface area contributed by atoms with Crippen molar-refractivity contribution in [3.8, 4) is 0 Å². The van der Waals surface area contributed by atoms with Crippen LogP contribution in [0, 0.1) is 11.8 Å². The van der Waals surface area contributed by atoms with Gasteiger partial charge >= 0.3 is 6.09 Å². The Morgan fingerprint density at radius 3 is 2.63 bits per heavy atom. The van der Waals surface area contributed by atoms with E-state index in [9.17, 15) is 4.79 Å². The summed E-state index contributed by atoms with van der Waals surface area (Å²) in [4.78, 5) is 13.7. The third-order valence-corrected chi connectivity index (χ3v) is 3.73. The molecule has 1 fully saturated rings. The molecule has 4 nitrogen and oxygen atoms in total. The molecule has 1 aromatic rings. The Bertz CT molecular complexity index is 419. The quantitative estimate of drug-likeness (QED) is 0.909. The monoisotopic (exact) mass is 262 g/mol. The maximum absolute atomic E-state index is 12.0. The minimum Gasteiger partial charge on any atom is -0.445 e. The summed E-state index contributed by atoms with van der Waals surface area (Å²) in [6.07, 6.45) is -0.262. The highest BCUT2D eigenvalue weighted by atomic mass is 16.6. The molecule has 0 radical (unpaired) electrons. The molecule has 2 N–H and O–H groups in total. The smallest absolute Gasteiger partial charge is 0.410 e. The van der Waals surface area contributed by atoms with E-state index in [4.69, 9.17) is 10.5 Å². The fourth-order valence-electron chi connectivity index (χ4n) is 2.52. The van der Waals surface area contributed by atoms with E-state index in [1.54, 1.807) is 4.90 Å². The predicted molar refractivity (Wildman–Crippen MR) is 74.5 cm³/mol. The third-order valence-electron chi connectivity index (χ3n) is 3.73. The molecular formula is C15H22N2O2. The highest BCUT2D eigenvalue weighted by Gasteiger charge is 2.35. The van der Waals surface area contributed by atoms with Crippen molar-refractivity contribution < 1.29 is 9.53 Å². The van der Waals surface area contributed by atoms with Crippen molar-refractivity contribution in [2.75, 3.05) is 13.1 Å². The lowest BCUT2D eigenvalue weighted by molar-refractivity contribution is 0.102. The van der Waals surface area contributed by atoms with E-state index in [1.807, 2.05) is 30.3 Å². The van der Waals surface area contributed by atoms with Gasteiger partial charge < -0.3 is 15.4 Å². The zero-order valence-corrected chi connectivity index (χ0v) is 11.6. The summed E-state index contributed by atoms with van der Waals surface area (Å²) in [7, 11) is 0. The number of hydrogen-bond acceptors (Lipinski definition) is 3. The maximum Gasteiger partial charge on any atom is 0.410 e. The second kappa shape index (κ2) is 6.06. The largest absolute Gasteiger partial charge is 0.445 e. The number of carbonyl (C=O) groups is 1. The Morgan fingerprint density at radius 1 is 1.37 bits per heavy atom. The van der Waals surface area contributed by atoms with Crippen molar-refractivity contribution >= 4 is 6.09 Å². The standard InChI is InChI=1S/C15H22N2O2/c1-11(2)13-8-17(9-14(13)16)15(18)19-10-12-6-4-3-5-7-12/h3-7,11,13-14H,8-10,16H2,1-2H3. The van der Waals surface area contributed by atoms with Gasteiger partial charge in [-0.3, -0.25) is 0 Å². The zero-order chi connectivity index (χ0) is 13.8. The maximum atomic E-state index is 12.0. The van der Waals surface area contributed by atoms with Crippen LogP contribution in [0.2, 0.25) is 0 Å². The normalized spacial score (nSPS) is 22.8. The number of hydrogen-bond donors (Lipinski definition) is 1. The van der Waals surface area contributed by atoms with Gasteiger partial charge in [-0.1, -0.05) is 44.2 Å². The van der Waals surface area contributed by atoms with Gasteiger partial charge in [-0.05, 0) is 17.4 Å². The van der Waals surface area contributed by atoms with Gasteiger partial charge in [0.2, 0.25) is 0 Å². The lowest BCUT2D eigenvalue weighted by atomic mass is 9.92. The minimum atomic E-state index is -0.262. The number of ether oxygens (including phenoxy) is 1. The van der Waals surface area contributed by atoms with Gasteiger partial charge in [0.15, 0.2) is 0 Å². The summed E-state index contributed by atoms with van der Waals surface area (Å²) >= 11 is 0. The van der Waals surface area contributed by atoms with Crippen molar-refractivity contribution in [3.63, 3.8) is 0 Å². The van der Waals surface area contributed by atoms with Crippen LogP contribution in [0.1, 0.15) is 19.4 Å². The summed E-state index contributed by atoms with van der Waals surface area (Å²) < 4.78 is 5.32. The Morgan fingerprint density at radius 2 is 2.05 bits per heavy atom. The third kappa shape index (κ3) is 3.47. The lowest BCUT2D eigenvalue weighted by Crippen LogP contribution is -2.33. The van der Waals surface area contributed by atoms with Crippen LogP contribution in [0.4, 0.5) is 4.79 Å². The first-order valence-corrected chi connectivity index (χ1v) is 6.79. The van der Waals surface area contributed by atoms with Crippen LogP contribution < -0.4 is 5.73 Å². The van der Waals surface area contributed by atoms with E-state index in [2.05, 4.69) is 13.8 Å². The van der Waals surface area contributed by atoms with Crippen LogP contribution >= 0.6 is 0 Å². The molecule has 19 heavy (non-hydrogen) atoms. The molecule has 104 valence electrons. The van der Waals surface area contributed by atoms with Gasteiger partial charge in [-0.15, -0.1) is 0 Å². The number of likely N-dealkylation sites (tertiary alicyclic amines) is 1. The van der Waals surface area contributed by atoms with Crippen LogP contribution in [0.25, 0.3) is 0 Å². The average molecular weight is 262 g/mol. The zero-order valence-electron chi connectivity index (χ0n) is 11.6. The van der Waals surface area contributed by atoms with E-state index < -0.39 is 0 Å². The summed E-state index contributed by atoms with van der Waals surface area (Å²) in [6, 6.07) is 9.76. The van der Waals surface area contributed by atoms with Gasteiger partial charge in [0.1, 0.15) is 6.61 Å². The molecule has 4 heteroatoms. The minimum absolute atomic E-state index is 0.0595. The van der Waals surface area contributed by atoms with E-state index >= 15 is 0 Å². The summed E-state index contributed by atoms with van der Waals surface area (Å²) in [5.74, 6) is 0.853. The number of amides is 1. The van der Waals surface area contributed by atoms with Gasteiger partial charge in [0, 0.05) is 19.1 Å². The second-order valence-corrected chi connectivity index (χ2v) is 5.52. The first-order chi connectivity index (χ1) is 9.08. The summed E-state index contributed by atoms with van der Waals surface area (Å²) in [5.41, 5.74) is 7.07. The Hall–Kier alpha value is -1.55. The first kappa shape index (κ1) is 13.9. The number of nitrogens with zero attached hydrogens (tertiary/aromatic N) is 1. The molecule has 0 aliphatic carbocycles. The van der Waals surface area contributed by atoms with Gasteiger partial charge in [-0.25, -0.2) is 4.79 Å². The van der Waals surface area contributed by atoms with Crippen molar-refractivity contribution in [1.29, 1.82) is 0 Å². The number of rotatable bonds is 3. The average Bonchev–Trinajstić information content (AvgIpc) is 2.79.